The van der Waals surface area contributed by atoms with Crippen molar-refractivity contribution in [3.05, 3.63) is 0 Å². The summed E-state index contributed by atoms with van der Waals surface area (Å²) in [5, 5.41) is 97.3. The van der Waals surface area contributed by atoms with Gasteiger partial charge in [-0.3, -0.25) is 0 Å². The maximum absolute atomic E-state index is 10.9. The highest BCUT2D eigenvalue weighted by Crippen LogP contribution is 2.10. The van der Waals surface area contributed by atoms with Crippen LogP contribution >= 0.6 is 23.2 Å². The van der Waals surface area contributed by atoms with Crippen molar-refractivity contribution < 1.29 is 238 Å². The Labute approximate surface area is 750 Å². The van der Waals surface area contributed by atoms with Crippen molar-refractivity contribution in [1.82, 2.24) is 5.32 Å². The minimum absolute atomic E-state index is 0. The Hall–Kier alpha value is 2.79. The van der Waals surface area contributed by atoms with Crippen LogP contribution in [0.4, 0.5) is 0 Å². The summed E-state index contributed by atoms with van der Waals surface area (Å²) in [5.41, 5.74) is 20.5. The van der Waals surface area contributed by atoms with Gasteiger partial charge < -0.3 is 266 Å². The fourth-order valence-electron chi connectivity index (χ4n) is 11.8. The molecule has 1 aliphatic rings. The molecule has 687 valence electrons. The van der Waals surface area contributed by atoms with Crippen LogP contribution in [0.1, 0.15) is 67.7 Å². The lowest BCUT2D eigenvalue weighted by molar-refractivity contribution is -0.930. The summed E-state index contributed by atoms with van der Waals surface area (Å²) in [6.07, 6.45) is 2.45. The third-order valence-corrected chi connectivity index (χ3v) is 16.3. The summed E-state index contributed by atoms with van der Waals surface area (Å²) in [6, 6.07) is 0. The van der Waals surface area contributed by atoms with Crippen LogP contribution in [0.25, 0.3) is 0 Å². The van der Waals surface area contributed by atoms with Crippen LogP contribution in [0.5, 0.6) is 0 Å². The summed E-state index contributed by atoms with van der Waals surface area (Å²) in [6.45, 7) is 20.0. The Balaban J connectivity index is -0.0000000589. The molecule has 0 aliphatic carbocycles. The van der Waals surface area contributed by atoms with Crippen LogP contribution in [0.15, 0.2) is 0 Å². The number of aliphatic hydroxyl groups excluding tert-OH is 9. The second kappa shape index (κ2) is 84.4. The first-order chi connectivity index (χ1) is 42.8. The minimum atomic E-state index is -0.521. The lowest BCUT2D eigenvalue weighted by Gasteiger charge is -2.36. The number of ether oxygens (including phenoxy) is 1. The van der Waals surface area contributed by atoms with Crippen molar-refractivity contribution >= 4 is 31.6 Å². The van der Waals surface area contributed by atoms with E-state index in [-0.39, 0.29) is 192 Å². The van der Waals surface area contributed by atoms with Gasteiger partial charge in [-0.15, -0.1) is 23.2 Å². The van der Waals surface area contributed by atoms with E-state index in [0.29, 0.717) is 150 Å². The zero-order chi connectivity index (χ0) is 74.0. The van der Waals surface area contributed by atoms with Gasteiger partial charge in [0.15, 0.2) is 48.8 Å². The van der Waals surface area contributed by atoms with Crippen LogP contribution in [-0.2, 0) is 4.74 Å². The maximum Gasteiger partial charge on any atom is 0.152 e. The largest absolute Gasteiger partial charge is 1.00 e. The van der Waals surface area contributed by atoms with E-state index in [1.54, 1.807) is 0 Å². The van der Waals surface area contributed by atoms with Gasteiger partial charge in [0.1, 0.15) is 105 Å². The summed E-state index contributed by atoms with van der Waals surface area (Å²) in [7, 11) is 43.6. The number of hydrogen-bond donors (Lipinski definition) is 17. The lowest BCUT2D eigenvalue weighted by atomic mass is 10.2. The molecule has 40 heteroatoms. The molecular weight excluding hydrogens is 1680 g/mol. The molecule has 26 nitrogen and oxygen atoms in total. The van der Waals surface area contributed by atoms with Gasteiger partial charge in [0.25, 0.3) is 0 Å². The standard InChI is InChI=1S/C24H57ClN5O4.C21H52N5O3.C17H42N4O2.C3H5ClO.CH6N2.3CH4.B.11ClH/c1-28(2,3)17-22(32)15-27(12-10-9-11-26-14-21(31)13-25)16-23(33)19-30(7,8)20-24(34)18-29(4,5)6;1-24(2,3)15-19(27)13-23(12-10-9-11-22)14-20(28)17-26(7,8)18-21(29)16-25(4,5)6;1-7-21(5,6)15-17(23)13-19(11-9-8-10-18)12-16(22)14-20(2,3)4;4-1-3-2-5-3;2-1-3;;;;;;;;;;;;;;;/h21-24,26,31-34H,9-20H2,1-8H3;19-21,27-29H,9-18,22H2,1-8H3;16-17,22-23H,7-15,18H2,1-6H3;3H,1-2H2;1-3H2;3*1H4;;11*1H/q2*+3;+2;;;;;;;;;;;;;;;;;/p-8. The molecule has 3 radical (unpaired) electrons. The fraction of sp³-hybridized carbons (Fsp3) is 1.00. The number of hydrogen-bond acceptors (Lipinski definition) is 15. The van der Waals surface area contributed by atoms with Gasteiger partial charge in [-0.1, -0.05) is 22.3 Å². The van der Waals surface area contributed by atoms with Crippen molar-refractivity contribution in [1.29, 1.82) is 0 Å². The molecule has 0 aromatic rings. The van der Waals surface area contributed by atoms with E-state index in [2.05, 4.69) is 172 Å². The maximum atomic E-state index is 10.9. The third kappa shape index (κ3) is 117. The molecule has 1 aliphatic heterocycles. The average molecular weight is 1860 g/mol. The zero-order valence-corrected chi connectivity index (χ0v) is 79.5. The van der Waals surface area contributed by atoms with Crippen LogP contribution in [0, 0.1) is 0 Å². The van der Waals surface area contributed by atoms with E-state index in [0.717, 1.165) is 99.9 Å². The Kier molecular flexibility index (Phi) is 123. The van der Waals surface area contributed by atoms with Crippen molar-refractivity contribution in [2.75, 3.05) is 330 Å². The number of likely N-dealkylation sites (N-methyl/N-ethyl adjacent to an activating group) is 8. The lowest BCUT2D eigenvalue weighted by Crippen LogP contribution is -3.14. The number of nitrogens with two attached hydrogens (primary N) is 4. The molecule has 1 rings (SSSR count). The monoisotopic (exact) mass is 1860 g/mol. The number of halogens is 13. The molecule has 1 heterocycles. The number of epoxide rings is 1. The van der Waals surface area contributed by atoms with Gasteiger partial charge >= 0.3 is 0 Å². The van der Waals surface area contributed by atoms with E-state index in [4.69, 9.17) is 39.4 Å². The number of unbranched alkanes of at least 4 members (excludes halogenated alkanes) is 3. The summed E-state index contributed by atoms with van der Waals surface area (Å²) < 4.78 is 10.2. The predicted octanol–water partition coefficient (Wildman–Crippen LogP) is -39.2. The SMILES string of the molecule is C.C.C.CC[N+](C)(C)CC(O)C[NH+](CCCCN)CC(O)C[N+](C)(C)C.C[N+](C)(C)CC(O)C[NH+](CCCCN)CC(O)C[N+](C)(C)CC(O)C[N+](C)(C)C.C[N+](C)(C)CC(O)C[NH+](CCCCNCC(O)CCl)CC(O)C[N+](C)(C)CC(O)C[N+](C)(C)C.ClCC1CO1.NCN.[B].[Cl-].[Cl-].[Cl-].[Cl-].[Cl-].[Cl-].[Cl-].[Cl-].[Cl-].[Cl-].[Cl-]. The first-order valence-corrected chi connectivity index (χ1v) is 36.2. The highest BCUT2D eigenvalue weighted by molar-refractivity contribution is 6.18. The van der Waals surface area contributed by atoms with Crippen LogP contribution in [0.3, 0.4) is 0 Å². The van der Waals surface area contributed by atoms with Gasteiger partial charge in [0, 0.05) is 27.5 Å². The van der Waals surface area contributed by atoms with Gasteiger partial charge in [0.05, 0.1) is 199 Å². The van der Waals surface area contributed by atoms with E-state index in [1.807, 2.05) is 0 Å². The molecule has 1 fully saturated rings. The van der Waals surface area contributed by atoms with Crippen LogP contribution < -0.4 is 179 Å². The minimum Gasteiger partial charge on any atom is -1.00 e. The highest BCUT2D eigenvalue weighted by Gasteiger charge is 2.33. The Morgan fingerprint density at radius 3 is 0.761 bits per heavy atom. The summed E-state index contributed by atoms with van der Waals surface area (Å²) in [4.78, 5) is 3.70. The normalized spacial score (nSPS) is 15.7. The smallest absolute Gasteiger partial charge is 0.152 e. The van der Waals surface area contributed by atoms with E-state index < -0.39 is 42.7 Å². The molecule has 0 spiro atoms. The molecule has 0 saturated carbocycles. The number of nitrogens with zero attached hydrogens (tertiary/aromatic N) is 8. The molecule has 0 bridgehead atoms. The molecule has 0 amide bonds. The summed E-state index contributed by atoms with van der Waals surface area (Å²) >= 11 is 10.9. The van der Waals surface area contributed by atoms with Crippen molar-refractivity contribution in [3.8, 4) is 0 Å². The number of rotatable bonds is 50. The zero-order valence-electron chi connectivity index (χ0n) is 69.6. The number of aliphatic hydroxyl groups is 9. The third-order valence-electron chi connectivity index (χ3n) is 15.6. The van der Waals surface area contributed by atoms with E-state index in [9.17, 15) is 46.0 Å². The molecule has 13 unspecified atom stereocenters. The van der Waals surface area contributed by atoms with E-state index in [1.165, 1.54) is 14.7 Å². The fourth-order valence-corrected chi connectivity index (χ4v) is 12.1. The molecule has 13 atom stereocenters. The molecule has 0 aromatic carbocycles. The topological polar surface area (TPSA) is 324 Å². The molecule has 1 saturated heterocycles. The first kappa shape index (κ1) is 159. The van der Waals surface area contributed by atoms with Crippen molar-refractivity contribution in [2.24, 2.45) is 22.9 Å². The van der Waals surface area contributed by atoms with Crippen molar-refractivity contribution in [3.63, 3.8) is 0 Å². The second-order valence-corrected chi connectivity index (χ2v) is 35.0. The van der Waals surface area contributed by atoms with Gasteiger partial charge in [-0.2, -0.15) is 0 Å². The Bertz CT molecular complexity index is 1820. The van der Waals surface area contributed by atoms with Crippen molar-refractivity contribution in [2.45, 2.75) is 129 Å². The Morgan fingerprint density at radius 1 is 0.358 bits per heavy atom. The second-order valence-electron chi connectivity index (χ2n) is 34.4. The Morgan fingerprint density at radius 2 is 0.569 bits per heavy atom. The highest BCUT2D eigenvalue weighted by atomic mass is 35.5. The average Bonchev–Trinajstić information content (AvgIpc) is 0.991. The van der Waals surface area contributed by atoms with E-state index >= 15 is 0 Å². The van der Waals surface area contributed by atoms with Crippen LogP contribution in [0.2, 0.25) is 0 Å². The number of quaternary nitrogens is 11. The summed E-state index contributed by atoms with van der Waals surface area (Å²) in [5.74, 6) is 0.897. The van der Waals surface area contributed by atoms with Gasteiger partial charge in [0.2, 0.25) is 0 Å². The quantitative estimate of drug-likeness (QED) is 0.00672. The van der Waals surface area contributed by atoms with Gasteiger partial charge in [-0.25, -0.2) is 0 Å². The van der Waals surface area contributed by atoms with Crippen LogP contribution in [-0.4, -0.2) is 481 Å². The number of alkyl halides is 2. The predicted molar refractivity (Wildman–Crippen MR) is 415 cm³/mol. The molecule has 109 heavy (non-hydrogen) atoms. The van der Waals surface area contributed by atoms with Gasteiger partial charge in [-0.05, 0) is 65.1 Å². The number of nitrogens with one attached hydrogen (secondary N) is 4. The molecular formula is C69H177BCl13N16O10. The molecule has 21 N–H and O–H groups in total. The first-order valence-electron chi connectivity index (χ1n) is 35.1. The molecule has 0 aromatic heterocycles.